The molecule has 1 unspecified atom stereocenters. The highest BCUT2D eigenvalue weighted by atomic mass is 79.9. The fraction of sp³-hybridized carbons (Fsp3) is 0.533. The summed E-state index contributed by atoms with van der Waals surface area (Å²) in [6.07, 6.45) is 1.26. The summed E-state index contributed by atoms with van der Waals surface area (Å²) >= 11 is 8.58. The Morgan fingerprint density at radius 3 is 2.58 bits per heavy atom. The molecule has 1 saturated heterocycles. The van der Waals surface area contributed by atoms with E-state index in [1.54, 1.807) is 0 Å². The first-order chi connectivity index (χ1) is 8.79. The number of halogens is 1. The minimum Gasteiger partial charge on any atom is -0.389 e. The van der Waals surface area contributed by atoms with Gasteiger partial charge in [0.15, 0.2) is 0 Å². The Morgan fingerprint density at radius 2 is 2.11 bits per heavy atom. The Bertz CT molecular complexity index is 493. The van der Waals surface area contributed by atoms with Gasteiger partial charge < -0.3 is 10.6 Å². The molecular weight excluding hydrogens is 320 g/mol. The zero-order valence-corrected chi connectivity index (χ0v) is 14.1. The van der Waals surface area contributed by atoms with Crippen molar-refractivity contribution in [2.24, 2.45) is 17.1 Å². The third kappa shape index (κ3) is 3.29. The van der Waals surface area contributed by atoms with E-state index in [4.69, 9.17) is 18.0 Å². The van der Waals surface area contributed by atoms with Crippen molar-refractivity contribution in [2.75, 3.05) is 18.0 Å². The predicted octanol–water partition coefficient (Wildman–Crippen LogP) is 3.96. The van der Waals surface area contributed by atoms with Gasteiger partial charge in [-0.3, -0.25) is 0 Å². The van der Waals surface area contributed by atoms with E-state index in [0.29, 0.717) is 10.4 Å². The average Bonchev–Trinajstić information content (AvgIpc) is 2.76. The molecular formula is C15H21BrN2S. The SMILES string of the molecule is CC(C)(C)C1CCN(c2ccc(C(N)=S)c(Br)c2)C1. The molecule has 0 spiro atoms. The largest absolute Gasteiger partial charge is 0.389 e. The molecule has 1 fully saturated rings. The zero-order valence-electron chi connectivity index (χ0n) is 11.7. The molecule has 0 aromatic heterocycles. The van der Waals surface area contributed by atoms with E-state index in [-0.39, 0.29) is 0 Å². The van der Waals surface area contributed by atoms with E-state index >= 15 is 0 Å². The lowest BCUT2D eigenvalue weighted by Crippen LogP contribution is -2.25. The number of thiocarbonyl (C=S) groups is 1. The summed E-state index contributed by atoms with van der Waals surface area (Å²) in [5.41, 5.74) is 8.22. The lowest BCUT2D eigenvalue weighted by molar-refractivity contribution is 0.263. The number of nitrogens with zero attached hydrogens (tertiary/aromatic N) is 1. The van der Waals surface area contributed by atoms with Crippen molar-refractivity contribution >= 4 is 38.8 Å². The molecule has 2 rings (SSSR count). The molecule has 4 heteroatoms. The zero-order chi connectivity index (χ0) is 14.2. The Balaban J connectivity index is 2.16. The van der Waals surface area contributed by atoms with Gasteiger partial charge in [0.1, 0.15) is 4.99 Å². The van der Waals surface area contributed by atoms with Crippen LogP contribution in [0.4, 0.5) is 5.69 Å². The van der Waals surface area contributed by atoms with Gasteiger partial charge >= 0.3 is 0 Å². The maximum absolute atomic E-state index is 5.69. The topological polar surface area (TPSA) is 29.3 Å². The van der Waals surface area contributed by atoms with Gasteiger partial charge in [-0.25, -0.2) is 0 Å². The van der Waals surface area contributed by atoms with Gasteiger partial charge in [-0.05, 0) is 51.9 Å². The highest BCUT2D eigenvalue weighted by Gasteiger charge is 2.31. The van der Waals surface area contributed by atoms with Crippen LogP contribution in [0.2, 0.25) is 0 Å². The number of benzene rings is 1. The lowest BCUT2D eigenvalue weighted by atomic mass is 9.80. The van der Waals surface area contributed by atoms with Crippen LogP contribution in [0.3, 0.4) is 0 Å². The molecule has 0 saturated carbocycles. The average molecular weight is 341 g/mol. The highest BCUT2D eigenvalue weighted by Crippen LogP contribution is 2.36. The van der Waals surface area contributed by atoms with E-state index in [1.165, 1.54) is 12.1 Å². The Kier molecular flexibility index (Phi) is 4.21. The first-order valence-corrected chi connectivity index (χ1v) is 7.83. The summed E-state index contributed by atoms with van der Waals surface area (Å²) in [5, 5.41) is 0. The molecule has 1 heterocycles. The smallest absolute Gasteiger partial charge is 0.105 e. The standard InChI is InChI=1S/C15H21BrN2S/c1-15(2,3)10-6-7-18(9-10)11-4-5-12(14(17)19)13(16)8-11/h4-5,8,10H,6-7,9H2,1-3H3,(H2,17,19). The molecule has 19 heavy (non-hydrogen) atoms. The highest BCUT2D eigenvalue weighted by molar-refractivity contribution is 9.10. The van der Waals surface area contributed by atoms with Gasteiger partial charge in [0.05, 0.1) is 0 Å². The summed E-state index contributed by atoms with van der Waals surface area (Å²) < 4.78 is 0.983. The molecule has 1 aliphatic heterocycles. The van der Waals surface area contributed by atoms with Crippen molar-refractivity contribution in [1.29, 1.82) is 0 Å². The monoisotopic (exact) mass is 340 g/mol. The second-order valence-corrected chi connectivity index (χ2v) is 7.62. The van der Waals surface area contributed by atoms with E-state index in [1.807, 2.05) is 6.07 Å². The van der Waals surface area contributed by atoms with Crippen molar-refractivity contribution in [3.05, 3.63) is 28.2 Å². The van der Waals surface area contributed by atoms with Crippen LogP contribution in [0.25, 0.3) is 0 Å². The van der Waals surface area contributed by atoms with Crippen molar-refractivity contribution in [2.45, 2.75) is 27.2 Å². The quantitative estimate of drug-likeness (QED) is 0.826. The molecule has 0 bridgehead atoms. The van der Waals surface area contributed by atoms with Crippen LogP contribution in [-0.4, -0.2) is 18.1 Å². The van der Waals surface area contributed by atoms with E-state index in [0.717, 1.165) is 29.0 Å². The predicted molar refractivity (Wildman–Crippen MR) is 89.8 cm³/mol. The number of rotatable bonds is 2. The Hall–Kier alpha value is -0.610. The molecule has 1 atom stereocenters. The van der Waals surface area contributed by atoms with Gasteiger partial charge in [0.25, 0.3) is 0 Å². The summed E-state index contributed by atoms with van der Waals surface area (Å²) in [5.74, 6) is 0.751. The van der Waals surface area contributed by atoms with Gasteiger partial charge in [-0.1, -0.05) is 33.0 Å². The van der Waals surface area contributed by atoms with Crippen LogP contribution in [0, 0.1) is 11.3 Å². The van der Waals surface area contributed by atoms with Crippen LogP contribution in [0.5, 0.6) is 0 Å². The minimum atomic E-state index is 0.380. The number of nitrogens with two attached hydrogens (primary N) is 1. The first-order valence-electron chi connectivity index (χ1n) is 6.63. The Labute approximate surface area is 129 Å². The van der Waals surface area contributed by atoms with E-state index in [2.05, 4.69) is 53.7 Å². The van der Waals surface area contributed by atoms with Gasteiger partial charge in [0, 0.05) is 28.8 Å². The van der Waals surface area contributed by atoms with Crippen LogP contribution >= 0.6 is 28.1 Å². The Morgan fingerprint density at radius 1 is 1.42 bits per heavy atom. The van der Waals surface area contributed by atoms with Crippen molar-refractivity contribution in [3.8, 4) is 0 Å². The van der Waals surface area contributed by atoms with Crippen molar-refractivity contribution in [3.63, 3.8) is 0 Å². The second kappa shape index (κ2) is 5.41. The number of hydrogen-bond donors (Lipinski definition) is 1. The van der Waals surface area contributed by atoms with Gasteiger partial charge in [0.2, 0.25) is 0 Å². The molecule has 0 aliphatic carbocycles. The fourth-order valence-electron chi connectivity index (χ4n) is 2.60. The van der Waals surface area contributed by atoms with Gasteiger partial charge in [-0.15, -0.1) is 0 Å². The molecule has 0 radical (unpaired) electrons. The van der Waals surface area contributed by atoms with Crippen LogP contribution < -0.4 is 10.6 Å². The molecule has 1 aromatic rings. The van der Waals surface area contributed by atoms with Crippen LogP contribution in [-0.2, 0) is 0 Å². The minimum absolute atomic E-state index is 0.380. The lowest BCUT2D eigenvalue weighted by Gasteiger charge is -2.27. The molecule has 2 N–H and O–H groups in total. The van der Waals surface area contributed by atoms with E-state index in [9.17, 15) is 0 Å². The summed E-state index contributed by atoms with van der Waals surface area (Å²) in [6, 6.07) is 6.25. The number of hydrogen-bond acceptors (Lipinski definition) is 2. The van der Waals surface area contributed by atoms with Crippen LogP contribution in [0.1, 0.15) is 32.8 Å². The first kappa shape index (κ1) is 14.8. The summed E-state index contributed by atoms with van der Waals surface area (Å²) in [4.78, 5) is 2.89. The normalized spacial score (nSPS) is 19.8. The molecule has 1 aromatic carbocycles. The van der Waals surface area contributed by atoms with Crippen LogP contribution in [0.15, 0.2) is 22.7 Å². The second-order valence-electron chi connectivity index (χ2n) is 6.33. The third-order valence-corrected chi connectivity index (χ3v) is 4.87. The summed E-state index contributed by atoms with van der Waals surface area (Å²) in [6.45, 7) is 9.23. The maximum atomic E-state index is 5.69. The molecule has 0 amide bonds. The fourth-order valence-corrected chi connectivity index (χ4v) is 3.49. The third-order valence-electron chi connectivity index (χ3n) is 4.00. The molecule has 104 valence electrons. The number of anilines is 1. The van der Waals surface area contributed by atoms with E-state index < -0.39 is 0 Å². The maximum Gasteiger partial charge on any atom is 0.105 e. The van der Waals surface area contributed by atoms with Crippen molar-refractivity contribution < 1.29 is 0 Å². The molecule has 1 aliphatic rings. The summed E-state index contributed by atoms with van der Waals surface area (Å²) in [7, 11) is 0. The van der Waals surface area contributed by atoms with Crippen molar-refractivity contribution in [1.82, 2.24) is 0 Å². The van der Waals surface area contributed by atoms with Gasteiger partial charge in [-0.2, -0.15) is 0 Å². The molecule has 2 nitrogen and oxygen atoms in total.